The fourth-order valence-corrected chi connectivity index (χ4v) is 1.79. The van der Waals surface area contributed by atoms with E-state index in [1.807, 2.05) is 0 Å². The number of aliphatic carboxylic acids is 1. The van der Waals surface area contributed by atoms with Crippen LogP contribution in [0.2, 0.25) is 0 Å². The van der Waals surface area contributed by atoms with Gasteiger partial charge in [0.25, 0.3) is 0 Å². The Morgan fingerprint density at radius 1 is 0.917 bits per heavy atom. The molecule has 0 amide bonds. The summed E-state index contributed by atoms with van der Waals surface area (Å²) in [5.74, 6) is -2.88. The molecule has 24 heavy (non-hydrogen) atoms. The first-order chi connectivity index (χ1) is 11.4. The third-order valence-electron chi connectivity index (χ3n) is 2.90. The van der Waals surface area contributed by atoms with Gasteiger partial charge in [0.15, 0.2) is 0 Å². The first-order valence-electron chi connectivity index (χ1n) is 6.82. The van der Waals surface area contributed by atoms with Crippen LogP contribution in [-0.2, 0) is 4.79 Å². The lowest BCUT2D eigenvalue weighted by Crippen LogP contribution is -2.25. The minimum absolute atomic E-state index is 0.0173. The van der Waals surface area contributed by atoms with Crippen molar-refractivity contribution in [3.05, 3.63) is 72.0 Å². The molecule has 0 saturated heterocycles. The quantitative estimate of drug-likeness (QED) is 0.638. The summed E-state index contributed by atoms with van der Waals surface area (Å²) in [6, 6.07) is 15.2. The van der Waals surface area contributed by atoms with Crippen LogP contribution < -0.4 is 9.47 Å². The normalized spacial score (nSPS) is 12.3. The first kappa shape index (κ1) is 17.4. The maximum atomic E-state index is 13.3. The summed E-state index contributed by atoms with van der Waals surface area (Å²) in [6.07, 6.45) is -4.92. The van der Waals surface area contributed by atoms with Crippen molar-refractivity contribution in [2.24, 2.45) is 0 Å². The minimum atomic E-state index is -4.92. The molecule has 0 aliphatic rings. The summed E-state index contributed by atoms with van der Waals surface area (Å²) in [6.45, 7) is -0.984. The second-order valence-electron chi connectivity index (χ2n) is 4.63. The first-order valence-corrected chi connectivity index (χ1v) is 6.82. The van der Waals surface area contributed by atoms with Gasteiger partial charge < -0.3 is 14.6 Å². The highest BCUT2D eigenvalue weighted by Crippen LogP contribution is 2.30. The van der Waals surface area contributed by atoms with Crippen molar-refractivity contribution in [1.82, 2.24) is 0 Å². The number of carboxylic acid groups (broad SMARTS) is 1. The lowest BCUT2D eigenvalue weighted by atomic mass is 10.2. The molecule has 1 N–H and O–H groups in total. The average Bonchev–Trinajstić information content (AvgIpc) is 2.54. The Labute approximate surface area is 135 Å². The molecule has 0 fully saturated rings. The topological polar surface area (TPSA) is 55.8 Å². The van der Waals surface area contributed by atoms with Gasteiger partial charge in [-0.2, -0.15) is 13.2 Å². The van der Waals surface area contributed by atoms with Crippen molar-refractivity contribution >= 4 is 5.97 Å². The molecule has 7 heteroatoms. The highest BCUT2D eigenvalue weighted by Gasteiger charge is 2.40. The van der Waals surface area contributed by atoms with Crippen molar-refractivity contribution in [2.45, 2.75) is 6.18 Å². The number of hydrogen-bond acceptors (Lipinski definition) is 3. The molecule has 0 unspecified atom stereocenters. The van der Waals surface area contributed by atoms with Gasteiger partial charge in [-0.15, -0.1) is 0 Å². The number of halogens is 3. The second-order valence-corrected chi connectivity index (χ2v) is 4.63. The standard InChI is InChI=1S/C17H13F3O4/c18-17(19,20)14(11-23-12-7-3-1-4-8-12)15(16(21)22)24-13-9-5-2-6-10-13/h1-10H,11H2,(H,21,22)/b15-14+. The molecule has 4 nitrogen and oxygen atoms in total. The van der Waals surface area contributed by atoms with E-state index in [1.165, 1.54) is 36.4 Å². The Balaban J connectivity index is 2.33. The molecule has 0 atom stereocenters. The Kier molecular flexibility index (Phi) is 5.47. The van der Waals surface area contributed by atoms with E-state index in [1.54, 1.807) is 24.3 Å². The van der Waals surface area contributed by atoms with E-state index in [9.17, 15) is 18.0 Å². The largest absolute Gasteiger partial charge is 0.489 e. The maximum absolute atomic E-state index is 13.3. The lowest BCUT2D eigenvalue weighted by Gasteiger charge is -2.16. The van der Waals surface area contributed by atoms with Gasteiger partial charge in [0.2, 0.25) is 5.76 Å². The van der Waals surface area contributed by atoms with Gasteiger partial charge >= 0.3 is 12.1 Å². The summed E-state index contributed by atoms with van der Waals surface area (Å²) < 4.78 is 49.7. The Morgan fingerprint density at radius 2 is 1.42 bits per heavy atom. The number of para-hydroxylation sites is 2. The van der Waals surface area contributed by atoms with Crippen LogP contribution >= 0.6 is 0 Å². The van der Waals surface area contributed by atoms with Crippen LogP contribution in [0, 0.1) is 0 Å². The fraction of sp³-hybridized carbons (Fsp3) is 0.118. The van der Waals surface area contributed by atoms with Crippen LogP contribution in [0.3, 0.4) is 0 Å². The highest BCUT2D eigenvalue weighted by molar-refractivity contribution is 5.86. The number of carboxylic acids is 1. The van der Waals surface area contributed by atoms with E-state index in [-0.39, 0.29) is 11.5 Å². The molecule has 0 aliphatic heterocycles. The number of ether oxygens (including phenoxy) is 2. The third-order valence-corrected chi connectivity index (χ3v) is 2.90. The molecule has 0 spiro atoms. The van der Waals surface area contributed by atoms with Gasteiger partial charge in [-0.1, -0.05) is 36.4 Å². The predicted molar refractivity (Wildman–Crippen MR) is 79.7 cm³/mol. The van der Waals surface area contributed by atoms with Crippen LogP contribution in [0.15, 0.2) is 72.0 Å². The van der Waals surface area contributed by atoms with E-state index in [2.05, 4.69) is 0 Å². The number of carbonyl (C=O) groups is 1. The Morgan fingerprint density at radius 3 is 1.88 bits per heavy atom. The molecule has 0 radical (unpaired) electrons. The summed E-state index contributed by atoms with van der Waals surface area (Å²) in [5, 5.41) is 9.13. The van der Waals surface area contributed by atoms with Crippen LogP contribution in [0.5, 0.6) is 11.5 Å². The Hall–Kier alpha value is -2.96. The SMILES string of the molecule is O=C(O)/C(Oc1ccccc1)=C(/COc1ccccc1)C(F)(F)F. The molecule has 0 bridgehead atoms. The molecule has 0 aliphatic carbocycles. The van der Waals surface area contributed by atoms with Gasteiger partial charge in [0.05, 0.1) is 0 Å². The maximum Gasteiger partial charge on any atom is 0.419 e. The van der Waals surface area contributed by atoms with Gasteiger partial charge in [0, 0.05) is 0 Å². The number of alkyl halides is 3. The number of hydrogen-bond donors (Lipinski definition) is 1. The van der Waals surface area contributed by atoms with E-state index >= 15 is 0 Å². The zero-order chi connectivity index (χ0) is 17.6. The molecule has 0 aromatic heterocycles. The summed E-state index contributed by atoms with van der Waals surface area (Å²) in [7, 11) is 0. The van der Waals surface area contributed by atoms with E-state index < -0.39 is 30.1 Å². The van der Waals surface area contributed by atoms with Crippen molar-refractivity contribution in [2.75, 3.05) is 6.61 Å². The fourth-order valence-electron chi connectivity index (χ4n) is 1.79. The molecular formula is C17H13F3O4. The molecule has 0 heterocycles. The zero-order valence-corrected chi connectivity index (χ0v) is 12.3. The van der Waals surface area contributed by atoms with E-state index in [0.29, 0.717) is 0 Å². The minimum Gasteiger partial charge on any atom is -0.489 e. The van der Waals surface area contributed by atoms with Crippen LogP contribution in [0.4, 0.5) is 13.2 Å². The highest BCUT2D eigenvalue weighted by atomic mass is 19.4. The molecular weight excluding hydrogens is 325 g/mol. The summed E-state index contributed by atoms with van der Waals surface area (Å²) in [4.78, 5) is 11.3. The molecule has 2 aromatic rings. The third kappa shape index (κ3) is 4.77. The van der Waals surface area contributed by atoms with Gasteiger partial charge in [-0.25, -0.2) is 4.79 Å². The van der Waals surface area contributed by atoms with E-state index in [0.717, 1.165) is 0 Å². The lowest BCUT2D eigenvalue weighted by molar-refractivity contribution is -0.137. The van der Waals surface area contributed by atoms with Crippen molar-refractivity contribution in [3.8, 4) is 11.5 Å². The molecule has 126 valence electrons. The average molecular weight is 338 g/mol. The molecule has 2 aromatic carbocycles. The van der Waals surface area contributed by atoms with Crippen molar-refractivity contribution in [3.63, 3.8) is 0 Å². The Bertz CT molecular complexity index is 710. The molecule has 2 rings (SSSR count). The van der Waals surface area contributed by atoms with E-state index in [4.69, 9.17) is 14.6 Å². The molecule has 0 saturated carbocycles. The van der Waals surface area contributed by atoms with Gasteiger partial charge in [-0.05, 0) is 24.3 Å². The van der Waals surface area contributed by atoms with Crippen LogP contribution in [-0.4, -0.2) is 23.9 Å². The number of rotatable bonds is 6. The van der Waals surface area contributed by atoms with Crippen molar-refractivity contribution in [1.29, 1.82) is 0 Å². The predicted octanol–water partition coefficient (Wildman–Crippen LogP) is 4.05. The zero-order valence-electron chi connectivity index (χ0n) is 12.3. The van der Waals surface area contributed by atoms with Crippen molar-refractivity contribution < 1.29 is 32.5 Å². The second kappa shape index (κ2) is 7.54. The number of benzene rings is 2. The summed E-state index contributed by atoms with van der Waals surface area (Å²) >= 11 is 0. The smallest absolute Gasteiger partial charge is 0.419 e. The van der Waals surface area contributed by atoms with Crippen LogP contribution in [0.25, 0.3) is 0 Å². The van der Waals surface area contributed by atoms with Gasteiger partial charge in [0.1, 0.15) is 23.7 Å². The van der Waals surface area contributed by atoms with Gasteiger partial charge in [-0.3, -0.25) is 0 Å². The monoisotopic (exact) mass is 338 g/mol. The van der Waals surface area contributed by atoms with Crippen LogP contribution in [0.1, 0.15) is 0 Å². The summed E-state index contributed by atoms with van der Waals surface area (Å²) in [5.41, 5.74) is -1.41.